The highest BCUT2D eigenvalue weighted by Gasteiger charge is 2.24. The molecule has 0 radical (unpaired) electrons. The van der Waals surface area contributed by atoms with E-state index in [9.17, 15) is 4.79 Å². The third-order valence-corrected chi connectivity index (χ3v) is 3.87. The molecule has 1 fully saturated rings. The minimum atomic E-state index is -0.0781. The zero-order valence-electron chi connectivity index (χ0n) is 11.3. The number of amides is 1. The first-order valence-electron chi connectivity index (χ1n) is 6.64. The monoisotopic (exact) mass is 350 g/mol. The number of halogens is 1. The molecule has 0 saturated carbocycles. The van der Waals surface area contributed by atoms with Gasteiger partial charge in [-0.1, -0.05) is 0 Å². The van der Waals surface area contributed by atoms with Gasteiger partial charge in [0, 0.05) is 26.2 Å². The van der Waals surface area contributed by atoms with Crippen LogP contribution in [0.5, 0.6) is 0 Å². The van der Waals surface area contributed by atoms with Gasteiger partial charge in [-0.2, -0.15) is 0 Å². The number of furan rings is 1. The second-order valence-electron chi connectivity index (χ2n) is 4.83. The molecule has 0 aliphatic carbocycles. The first-order valence-corrected chi connectivity index (χ1v) is 7.44. The van der Waals surface area contributed by atoms with E-state index in [1.165, 1.54) is 0 Å². The van der Waals surface area contributed by atoms with Crippen LogP contribution in [0.3, 0.4) is 0 Å². The van der Waals surface area contributed by atoms with E-state index in [0.717, 1.165) is 18.9 Å². The van der Waals surface area contributed by atoms with Gasteiger partial charge in [-0.25, -0.2) is 4.98 Å². The summed E-state index contributed by atoms with van der Waals surface area (Å²) in [5.74, 6) is 1.17. The minimum absolute atomic E-state index is 0.0781. The molecule has 21 heavy (non-hydrogen) atoms. The molecule has 1 saturated heterocycles. The molecule has 0 bridgehead atoms. The fourth-order valence-electron chi connectivity index (χ4n) is 2.31. The number of nitrogens with zero attached hydrogens (tertiary/aromatic N) is 3. The molecule has 2 N–H and O–H groups in total. The van der Waals surface area contributed by atoms with Crippen molar-refractivity contribution in [3.05, 3.63) is 40.9 Å². The van der Waals surface area contributed by atoms with E-state index in [1.54, 1.807) is 23.2 Å². The Morgan fingerprint density at radius 3 is 2.52 bits per heavy atom. The summed E-state index contributed by atoms with van der Waals surface area (Å²) in [4.78, 5) is 20.5. The maximum absolute atomic E-state index is 12.3. The number of rotatable bonds is 2. The van der Waals surface area contributed by atoms with Crippen LogP contribution >= 0.6 is 15.9 Å². The lowest BCUT2D eigenvalue weighted by atomic mass is 10.2. The number of carbonyl (C=O) groups excluding carboxylic acids is 1. The Hall–Kier alpha value is -2.02. The van der Waals surface area contributed by atoms with Crippen molar-refractivity contribution in [2.75, 3.05) is 36.8 Å². The lowest BCUT2D eigenvalue weighted by Gasteiger charge is -2.35. The predicted molar refractivity (Wildman–Crippen MR) is 83.2 cm³/mol. The number of nitrogens with two attached hydrogens (primary N) is 1. The SMILES string of the molecule is Nc1ccc(N2CCN(C(=O)c3ccc(Br)o3)CC2)nc1. The normalized spacial score (nSPS) is 15.3. The first-order chi connectivity index (χ1) is 10.1. The maximum Gasteiger partial charge on any atom is 0.289 e. The van der Waals surface area contributed by atoms with Gasteiger partial charge in [0.1, 0.15) is 5.82 Å². The summed E-state index contributed by atoms with van der Waals surface area (Å²) in [6, 6.07) is 7.14. The van der Waals surface area contributed by atoms with Crippen LogP contribution in [0.4, 0.5) is 11.5 Å². The molecule has 3 rings (SSSR count). The van der Waals surface area contributed by atoms with Gasteiger partial charge in [-0.05, 0) is 40.2 Å². The van der Waals surface area contributed by atoms with Crippen LogP contribution in [0, 0.1) is 0 Å². The number of nitrogen functional groups attached to an aromatic ring is 1. The minimum Gasteiger partial charge on any atom is -0.444 e. The standard InChI is InChI=1S/C14H15BrN4O2/c15-12-3-2-11(21-12)14(20)19-7-5-18(6-8-19)13-4-1-10(16)9-17-13/h1-4,9H,5-8,16H2. The Morgan fingerprint density at radius 1 is 1.19 bits per heavy atom. The highest BCUT2D eigenvalue weighted by atomic mass is 79.9. The zero-order valence-corrected chi connectivity index (χ0v) is 12.9. The summed E-state index contributed by atoms with van der Waals surface area (Å²) >= 11 is 3.21. The van der Waals surface area contributed by atoms with E-state index < -0.39 is 0 Å². The summed E-state index contributed by atoms with van der Waals surface area (Å²) in [6.45, 7) is 2.77. The van der Waals surface area contributed by atoms with Crippen molar-refractivity contribution < 1.29 is 9.21 Å². The second kappa shape index (κ2) is 5.77. The van der Waals surface area contributed by atoms with Crippen molar-refractivity contribution in [1.29, 1.82) is 0 Å². The Morgan fingerprint density at radius 2 is 1.95 bits per heavy atom. The molecule has 1 amide bonds. The summed E-state index contributed by atoms with van der Waals surface area (Å²) in [5.41, 5.74) is 6.29. The number of aromatic nitrogens is 1. The third-order valence-electron chi connectivity index (χ3n) is 3.45. The van der Waals surface area contributed by atoms with Crippen LogP contribution in [-0.2, 0) is 0 Å². The number of hydrogen-bond donors (Lipinski definition) is 1. The average Bonchev–Trinajstić information content (AvgIpc) is 2.94. The molecule has 0 spiro atoms. The fourth-order valence-corrected chi connectivity index (χ4v) is 2.61. The van der Waals surface area contributed by atoms with Crippen molar-refractivity contribution in [3.8, 4) is 0 Å². The van der Waals surface area contributed by atoms with Gasteiger partial charge < -0.3 is 20.0 Å². The van der Waals surface area contributed by atoms with Gasteiger partial charge >= 0.3 is 0 Å². The van der Waals surface area contributed by atoms with Gasteiger partial charge in [0.2, 0.25) is 0 Å². The summed E-state index contributed by atoms with van der Waals surface area (Å²) < 4.78 is 5.87. The Bertz CT molecular complexity index is 633. The van der Waals surface area contributed by atoms with E-state index in [1.807, 2.05) is 12.1 Å². The maximum atomic E-state index is 12.3. The highest BCUT2D eigenvalue weighted by Crippen LogP contribution is 2.18. The molecule has 7 heteroatoms. The smallest absolute Gasteiger partial charge is 0.289 e. The lowest BCUT2D eigenvalue weighted by Crippen LogP contribution is -2.49. The zero-order chi connectivity index (χ0) is 14.8. The Balaban J connectivity index is 1.62. The third kappa shape index (κ3) is 3.02. The van der Waals surface area contributed by atoms with Crippen LogP contribution in [0.15, 0.2) is 39.5 Å². The molecule has 2 aromatic heterocycles. The average molecular weight is 351 g/mol. The number of pyridine rings is 1. The van der Waals surface area contributed by atoms with E-state index in [2.05, 4.69) is 25.8 Å². The summed E-state index contributed by atoms with van der Waals surface area (Å²) in [5, 5.41) is 0. The molecule has 110 valence electrons. The van der Waals surface area contributed by atoms with Gasteiger partial charge in [0.25, 0.3) is 5.91 Å². The number of carbonyl (C=O) groups is 1. The van der Waals surface area contributed by atoms with Crippen molar-refractivity contribution in [3.63, 3.8) is 0 Å². The van der Waals surface area contributed by atoms with E-state index in [-0.39, 0.29) is 5.91 Å². The van der Waals surface area contributed by atoms with Crippen LogP contribution in [0.1, 0.15) is 10.6 Å². The van der Waals surface area contributed by atoms with E-state index >= 15 is 0 Å². The van der Waals surface area contributed by atoms with Crippen molar-refractivity contribution in [1.82, 2.24) is 9.88 Å². The van der Waals surface area contributed by atoms with Gasteiger partial charge in [0.15, 0.2) is 10.4 Å². The molecular weight excluding hydrogens is 336 g/mol. The van der Waals surface area contributed by atoms with E-state index in [0.29, 0.717) is 29.2 Å². The van der Waals surface area contributed by atoms with Crippen molar-refractivity contribution >= 4 is 33.3 Å². The molecule has 6 nitrogen and oxygen atoms in total. The topological polar surface area (TPSA) is 75.6 Å². The number of hydrogen-bond acceptors (Lipinski definition) is 5. The molecule has 0 atom stereocenters. The second-order valence-corrected chi connectivity index (χ2v) is 5.61. The Kier molecular flexibility index (Phi) is 3.83. The molecular formula is C14H15BrN4O2. The van der Waals surface area contributed by atoms with Gasteiger partial charge in [-0.15, -0.1) is 0 Å². The van der Waals surface area contributed by atoms with Crippen LogP contribution in [0.25, 0.3) is 0 Å². The van der Waals surface area contributed by atoms with Crippen LogP contribution in [0.2, 0.25) is 0 Å². The van der Waals surface area contributed by atoms with E-state index in [4.69, 9.17) is 10.2 Å². The highest BCUT2D eigenvalue weighted by molar-refractivity contribution is 9.10. The fraction of sp³-hybridized carbons (Fsp3) is 0.286. The number of piperazine rings is 1. The van der Waals surface area contributed by atoms with Crippen LogP contribution < -0.4 is 10.6 Å². The molecule has 1 aliphatic heterocycles. The summed E-state index contributed by atoms with van der Waals surface area (Å²) in [6.07, 6.45) is 1.65. The predicted octanol–water partition coefficient (Wildman–Crippen LogP) is 1.98. The lowest BCUT2D eigenvalue weighted by molar-refractivity contribution is 0.0713. The molecule has 0 unspecified atom stereocenters. The molecule has 1 aliphatic rings. The largest absolute Gasteiger partial charge is 0.444 e. The molecule has 2 aromatic rings. The molecule has 3 heterocycles. The first kappa shape index (κ1) is 13.9. The van der Waals surface area contributed by atoms with Crippen molar-refractivity contribution in [2.24, 2.45) is 0 Å². The van der Waals surface area contributed by atoms with Gasteiger partial charge in [0.05, 0.1) is 11.9 Å². The quantitative estimate of drug-likeness (QED) is 0.896. The summed E-state index contributed by atoms with van der Waals surface area (Å²) in [7, 11) is 0. The molecule has 0 aromatic carbocycles. The van der Waals surface area contributed by atoms with Crippen LogP contribution in [-0.4, -0.2) is 42.0 Å². The van der Waals surface area contributed by atoms with Crippen molar-refractivity contribution in [2.45, 2.75) is 0 Å². The van der Waals surface area contributed by atoms with Gasteiger partial charge in [-0.3, -0.25) is 4.79 Å². The number of anilines is 2. The Labute approximate surface area is 130 Å².